The summed E-state index contributed by atoms with van der Waals surface area (Å²) in [6.07, 6.45) is 0.393. The normalized spacial score (nSPS) is 16.2. The first kappa shape index (κ1) is 23.4. The molecule has 0 aliphatic carbocycles. The van der Waals surface area contributed by atoms with Crippen LogP contribution in [0.15, 0.2) is 47.3 Å². The molecule has 0 atom stereocenters. The summed E-state index contributed by atoms with van der Waals surface area (Å²) in [5.74, 6) is 1.16. The lowest BCUT2D eigenvalue weighted by molar-refractivity contribution is -0.133. The zero-order valence-electron chi connectivity index (χ0n) is 19.6. The fourth-order valence-corrected chi connectivity index (χ4v) is 6.13. The van der Waals surface area contributed by atoms with E-state index in [4.69, 9.17) is 9.47 Å². The number of carbonyl (C=O) groups excluding carboxylic acids is 1. The van der Waals surface area contributed by atoms with E-state index in [1.807, 2.05) is 18.2 Å². The van der Waals surface area contributed by atoms with E-state index in [1.54, 1.807) is 36.1 Å². The van der Waals surface area contributed by atoms with Gasteiger partial charge in [-0.2, -0.15) is 3.97 Å². The lowest BCUT2D eigenvalue weighted by Gasteiger charge is -2.34. The number of fused-ring (bicyclic) bond motifs is 2. The second-order valence-electron chi connectivity index (χ2n) is 8.78. The van der Waals surface area contributed by atoms with Crippen LogP contribution in [-0.2, 0) is 27.9 Å². The summed E-state index contributed by atoms with van der Waals surface area (Å²) in [7, 11) is -3.81. The molecule has 11 heteroatoms. The summed E-state index contributed by atoms with van der Waals surface area (Å²) in [6.45, 7) is 4.99. The van der Waals surface area contributed by atoms with Gasteiger partial charge in [0.15, 0.2) is 11.5 Å². The molecular weight excluding hydrogens is 472 g/mol. The Morgan fingerprint density at radius 1 is 0.971 bits per heavy atom. The summed E-state index contributed by atoms with van der Waals surface area (Å²) in [5, 5.41) is 0. The van der Waals surface area contributed by atoms with Gasteiger partial charge in [-0.15, -0.1) is 0 Å². The molecule has 3 heterocycles. The molecule has 2 aliphatic heterocycles. The number of ether oxygens (including phenoxy) is 2. The van der Waals surface area contributed by atoms with E-state index in [0.29, 0.717) is 43.6 Å². The predicted molar refractivity (Wildman–Crippen MR) is 130 cm³/mol. The third-order valence-electron chi connectivity index (χ3n) is 6.40. The zero-order valence-corrected chi connectivity index (χ0v) is 20.4. The number of hydrogen-bond acceptors (Lipinski definition) is 7. The second-order valence-corrected chi connectivity index (χ2v) is 10.7. The largest absolute Gasteiger partial charge is 0.454 e. The molecule has 5 rings (SSSR count). The summed E-state index contributed by atoms with van der Waals surface area (Å²) in [4.78, 5) is 30.2. The molecule has 0 unspecified atom stereocenters. The number of hydrogen-bond donors (Lipinski definition) is 0. The smallest absolute Gasteiger partial charge is 0.343 e. The minimum absolute atomic E-state index is 0.139. The van der Waals surface area contributed by atoms with Crippen molar-refractivity contribution < 1.29 is 22.7 Å². The predicted octanol–water partition coefficient (Wildman–Crippen LogP) is 1.46. The van der Waals surface area contributed by atoms with Crippen molar-refractivity contribution in [1.82, 2.24) is 18.3 Å². The van der Waals surface area contributed by atoms with Crippen molar-refractivity contribution in [3.8, 4) is 11.5 Å². The first-order valence-corrected chi connectivity index (χ1v) is 13.3. The fraction of sp³-hybridized carbons (Fsp3) is 0.417. The highest BCUT2D eigenvalue weighted by Gasteiger charge is 2.26. The van der Waals surface area contributed by atoms with Crippen LogP contribution < -0.4 is 15.2 Å². The molecule has 2 aliphatic rings. The third-order valence-corrected chi connectivity index (χ3v) is 8.23. The monoisotopic (exact) mass is 500 g/mol. The van der Waals surface area contributed by atoms with Crippen LogP contribution in [0.5, 0.6) is 11.5 Å². The first-order chi connectivity index (χ1) is 16.9. The van der Waals surface area contributed by atoms with Crippen molar-refractivity contribution in [2.24, 2.45) is 0 Å². The minimum atomic E-state index is -3.81. The van der Waals surface area contributed by atoms with E-state index in [9.17, 15) is 18.0 Å². The number of carbonyl (C=O) groups is 1. The topological polar surface area (TPSA) is 103 Å². The Hall–Kier alpha value is -3.31. The highest BCUT2D eigenvalue weighted by Crippen LogP contribution is 2.32. The van der Waals surface area contributed by atoms with Crippen LogP contribution in [0.3, 0.4) is 0 Å². The number of imidazole rings is 1. The number of nitrogens with zero attached hydrogens (tertiary/aromatic N) is 4. The lowest BCUT2D eigenvalue weighted by atomic mass is 10.1. The van der Waals surface area contributed by atoms with Crippen LogP contribution in [0.25, 0.3) is 11.0 Å². The summed E-state index contributed by atoms with van der Waals surface area (Å²) in [5.41, 5.74) is 1.15. The van der Waals surface area contributed by atoms with E-state index >= 15 is 0 Å². The van der Waals surface area contributed by atoms with Crippen LogP contribution in [0.1, 0.15) is 18.9 Å². The van der Waals surface area contributed by atoms with Crippen LogP contribution in [-0.4, -0.2) is 71.4 Å². The molecule has 1 saturated heterocycles. The molecule has 35 heavy (non-hydrogen) atoms. The molecule has 3 aromatic rings. The molecular formula is C24H28N4O6S. The highest BCUT2D eigenvalue weighted by molar-refractivity contribution is 7.90. The Labute approximate surface area is 203 Å². The molecule has 2 aromatic carbocycles. The number of para-hydroxylation sites is 2. The SMILES string of the molecule is CCCS(=O)(=O)n1c(=O)n(CC(=O)N2CCN(Cc3ccc4c(c3)OCO4)CC2)c2ccccc21. The summed E-state index contributed by atoms with van der Waals surface area (Å²) >= 11 is 0. The number of aromatic nitrogens is 2. The van der Waals surface area contributed by atoms with Gasteiger partial charge in [0.25, 0.3) is 0 Å². The van der Waals surface area contributed by atoms with Crippen molar-refractivity contribution in [1.29, 1.82) is 0 Å². The van der Waals surface area contributed by atoms with Gasteiger partial charge in [0.05, 0.1) is 16.8 Å². The van der Waals surface area contributed by atoms with Gasteiger partial charge in [-0.25, -0.2) is 13.2 Å². The summed E-state index contributed by atoms with van der Waals surface area (Å²) in [6, 6.07) is 12.6. The van der Waals surface area contributed by atoms with Gasteiger partial charge < -0.3 is 14.4 Å². The summed E-state index contributed by atoms with van der Waals surface area (Å²) < 4.78 is 38.4. The average Bonchev–Trinajstić information content (AvgIpc) is 3.42. The minimum Gasteiger partial charge on any atom is -0.454 e. The molecule has 0 saturated carbocycles. The highest BCUT2D eigenvalue weighted by atomic mass is 32.2. The Balaban J connectivity index is 1.27. The van der Waals surface area contributed by atoms with Gasteiger partial charge >= 0.3 is 5.69 Å². The van der Waals surface area contributed by atoms with Crippen LogP contribution in [0.2, 0.25) is 0 Å². The molecule has 0 N–H and O–H groups in total. The maximum absolute atomic E-state index is 13.1. The first-order valence-electron chi connectivity index (χ1n) is 11.7. The Morgan fingerprint density at radius 2 is 1.69 bits per heavy atom. The Morgan fingerprint density at radius 3 is 2.43 bits per heavy atom. The molecule has 1 aromatic heterocycles. The number of piperazine rings is 1. The van der Waals surface area contributed by atoms with Crippen molar-refractivity contribution >= 4 is 27.0 Å². The van der Waals surface area contributed by atoms with E-state index in [0.717, 1.165) is 27.6 Å². The van der Waals surface area contributed by atoms with Crippen LogP contribution in [0.4, 0.5) is 0 Å². The maximum Gasteiger partial charge on any atom is 0.343 e. The van der Waals surface area contributed by atoms with Crippen molar-refractivity contribution in [3.63, 3.8) is 0 Å². The Bertz CT molecular complexity index is 1420. The molecule has 0 radical (unpaired) electrons. The lowest BCUT2D eigenvalue weighted by Crippen LogP contribution is -2.49. The number of rotatable bonds is 7. The quantitative estimate of drug-likeness (QED) is 0.484. The van der Waals surface area contributed by atoms with Crippen molar-refractivity contribution in [3.05, 3.63) is 58.5 Å². The molecule has 0 spiro atoms. The molecule has 186 valence electrons. The van der Waals surface area contributed by atoms with E-state index < -0.39 is 15.7 Å². The molecule has 10 nitrogen and oxygen atoms in total. The maximum atomic E-state index is 13.1. The van der Waals surface area contributed by atoms with E-state index in [2.05, 4.69) is 4.90 Å². The van der Waals surface area contributed by atoms with Crippen molar-refractivity contribution in [2.45, 2.75) is 26.4 Å². The van der Waals surface area contributed by atoms with Gasteiger partial charge in [0, 0.05) is 32.7 Å². The molecule has 1 fully saturated rings. The third kappa shape index (κ3) is 4.53. The standard InChI is InChI=1S/C24H28N4O6S/c1-2-13-35(31,32)28-20-6-4-3-5-19(20)27(24(28)30)16-23(29)26-11-9-25(10-12-26)15-18-7-8-21-22(14-18)34-17-33-21/h3-8,14H,2,9-13,15-17H2,1H3. The Kier molecular flexibility index (Phi) is 6.28. The van der Waals surface area contributed by atoms with E-state index in [1.165, 1.54) is 4.57 Å². The van der Waals surface area contributed by atoms with Crippen LogP contribution >= 0.6 is 0 Å². The molecule has 0 bridgehead atoms. The van der Waals surface area contributed by atoms with Gasteiger partial charge in [-0.3, -0.25) is 14.3 Å². The van der Waals surface area contributed by atoms with Crippen molar-refractivity contribution in [2.75, 3.05) is 38.7 Å². The van der Waals surface area contributed by atoms with Gasteiger partial charge in [0.1, 0.15) is 6.54 Å². The zero-order chi connectivity index (χ0) is 24.6. The van der Waals surface area contributed by atoms with Gasteiger partial charge in [-0.05, 0) is 36.2 Å². The number of amides is 1. The van der Waals surface area contributed by atoms with Gasteiger partial charge in [0.2, 0.25) is 22.7 Å². The average molecular weight is 501 g/mol. The number of benzene rings is 2. The molecule has 1 amide bonds. The van der Waals surface area contributed by atoms with Gasteiger partial charge in [-0.1, -0.05) is 25.1 Å². The second kappa shape index (κ2) is 9.38. The fourth-order valence-electron chi connectivity index (χ4n) is 4.64. The van der Waals surface area contributed by atoms with Crippen LogP contribution in [0, 0.1) is 0 Å². The van der Waals surface area contributed by atoms with E-state index in [-0.39, 0.29) is 25.0 Å².